The van der Waals surface area contributed by atoms with Gasteiger partial charge in [0.2, 0.25) is 5.91 Å². The Balaban J connectivity index is 1.28. The van der Waals surface area contributed by atoms with Gasteiger partial charge in [0.1, 0.15) is 17.6 Å². The van der Waals surface area contributed by atoms with Gasteiger partial charge in [-0.25, -0.2) is 4.79 Å². The van der Waals surface area contributed by atoms with E-state index in [9.17, 15) is 14.7 Å². The van der Waals surface area contributed by atoms with Gasteiger partial charge in [-0.3, -0.25) is 9.78 Å². The molecule has 1 amide bonds. The number of benzene rings is 3. The summed E-state index contributed by atoms with van der Waals surface area (Å²) >= 11 is 12.2. The van der Waals surface area contributed by atoms with Crippen LogP contribution in [-0.4, -0.2) is 38.5 Å². The summed E-state index contributed by atoms with van der Waals surface area (Å²) in [5, 5.41) is 18.7. The van der Waals surface area contributed by atoms with Gasteiger partial charge < -0.3 is 25.1 Å². The van der Waals surface area contributed by atoms with E-state index in [0.717, 1.165) is 22.2 Å². The monoisotopic (exact) mass is 596 g/mol. The Kier molecular flexibility index (Phi) is 7.60. The highest BCUT2D eigenvalue weighted by Crippen LogP contribution is 2.41. The molecule has 1 aliphatic rings. The molecule has 10 heteroatoms. The fraction of sp³-hybridized carbons (Fsp3) is 0.125. The quantitative estimate of drug-likeness (QED) is 0.167. The third-order valence-corrected chi connectivity index (χ3v) is 7.92. The summed E-state index contributed by atoms with van der Waals surface area (Å²) in [6.07, 6.45) is 1.89. The Morgan fingerprint density at radius 3 is 2.64 bits per heavy atom. The van der Waals surface area contributed by atoms with E-state index in [2.05, 4.69) is 15.6 Å². The van der Waals surface area contributed by atoms with Crippen molar-refractivity contribution in [3.05, 3.63) is 119 Å². The molecule has 1 saturated heterocycles. The van der Waals surface area contributed by atoms with Gasteiger partial charge in [0.05, 0.1) is 22.3 Å². The summed E-state index contributed by atoms with van der Waals surface area (Å²) in [6, 6.07) is 26.6. The van der Waals surface area contributed by atoms with Crippen LogP contribution in [-0.2, 0) is 4.79 Å². The number of pyridine rings is 1. The number of carboxylic acids is 1. The molecular weight excluding hydrogens is 572 g/mol. The summed E-state index contributed by atoms with van der Waals surface area (Å²) < 4.78 is 6.30. The molecule has 8 nitrogen and oxygen atoms in total. The number of rotatable bonds is 8. The summed E-state index contributed by atoms with van der Waals surface area (Å²) in [5.41, 5.74) is 2.07. The number of aromatic carboxylic acids is 1. The summed E-state index contributed by atoms with van der Waals surface area (Å²) in [7, 11) is 0. The normalized spacial score (nSPS) is 16.4. The van der Waals surface area contributed by atoms with Gasteiger partial charge in [0.25, 0.3) is 0 Å². The van der Waals surface area contributed by atoms with Gasteiger partial charge in [-0.15, -0.1) is 0 Å². The molecule has 3 N–H and O–H groups in total. The SMILES string of the molecule is O=C(CCN1C(=S)N[C@H](c2ccccn2)[C@H]1c1ccc(-c2cc(C(=O)O)ccc2Cl)o1)Nc1cccc2ccccc12. The second kappa shape index (κ2) is 11.6. The van der Waals surface area contributed by atoms with Crippen LogP contribution in [0.15, 0.2) is 102 Å². The highest BCUT2D eigenvalue weighted by Gasteiger charge is 2.41. The molecule has 2 aromatic heterocycles. The van der Waals surface area contributed by atoms with Crippen molar-refractivity contribution in [2.75, 3.05) is 11.9 Å². The maximum atomic E-state index is 13.1. The second-order valence-corrected chi connectivity index (χ2v) is 10.6. The van der Waals surface area contributed by atoms with Crippen LogP contribution in [0, 0.1) is 0 Å². The lowest BCUT2D eigenvalue weighted by Gasteiger charge is -2.26. The van der Waals surface area contributed by atoms with Gasteiger partial charge in [0, 0.05) is 35.8 Å². The predicted molar refractivity (Wildman–Crippen MR) is 165 cm³/mol. The number of thiocarbonyl (C=S) groups is 1. The number of nitrogens with zero attached hydrogens (tertiary/aromatic N) is 2. The Morgan fingerprint density at radius 2 is 1.83 bits per heavy atom. The number of carboxylic acid groups (broad SMARTS) is 1. The highest BCUT2D eigenvalue weighted by molar-refractivity contribution is 7.80. The first kappa shape index (κ1) is 27.4. The first-order chi connectivity index (χ1) is 20.4. The lowest BCUT2D eigenvalue weighted by molar-refractivity contribution is -0.116. The molecule has 5 aromatic rings. The van der Waals surface area contributed by atoms with Crippen LogP contribution in [0.4, 0.5) is 5.69 Å². The molecule has 0 radical (unpaired) electrons. The van der Waals surface area contributed by atoms with Crippen LogP contribution < -0.4 is 10.6 Å². The van der Waals surface area contributed by atoms with E-state index < -0.39 is 12.0 Å². The Morgan fingerprint density at radius 1 is 1.02 bits per heavy atom. The van der Waals surface area contributed by atoms with E-state index in [-0.39, 0.29) is 23.9 Å². The number of fused-ring (bicyclic) bond motifs is 1. The third-order valence-electron chi connectivity index (χ3n) is 7.24. The second-order valence-electron chi connectivity index (χ2n) is 9.85. The zero-order chi connectivity index (χ0) is 29.2. The smallest absolute Gasteiger partial charge is 0.335 e. The van der Waals surface area contributed by atoms with E-state index in [0.29, 0.717) is 33.8 Å². The minimum atomic E-state index is -1.06. The molecule has 0 unspecified atom stereocenters. The number of nitrogens with one attached hydrogen (secondary N) is 2. The molecule has 3 heterocycles. The standard InChI is InChI=1S/C32H25ClN4O4S/c33-23-12-11-20(31(39)40)18-22(23)26-13-14-27(41-26)30-29(25-9-3-4-16-34-25)36-32(42)37(30)17-15-28(38)35-24-10-5-7-19-6-1-2-8-21(19)24/h1-14,16,18,29-30H,15,17H2,(H,35,38)(H,36,42)(H,39,40)/t29-,30-/m1/s1. The van der Waals surface area contributed by atoms with Gasteiger partial charge in [-0.05, 0) is 66.1 Å². The molecular formula is C32H25ClN4O4S. The molecule has 6 rings (SSSR count). The van der Waals surface area contributed by atoms with E-state index in [1.54, 1.807) is 12.3 Å². The summed E-state index contributed by atoms with van der Waals surface area (Å²) in [6.45, 7) is 0.321. The molecule has 0 saturated carbocycles. The highest BCUT2D eigenvalue weighted by atomic mass is 35.5. The van der Waals surface area contributed by atoms with E-state index in [4.69, 9.17) is 28.2 Å². The number of carbonyl (C=O) groups is 2. The average Bonchev–Trinajstić information content (AvgIpc) is 3.61. The number of furan rings is 1. The largest absolute Gasteiger partial charge is 0.478 e. The molecule has 0 aliphatic carbocycles. The van der Waals surface area contributed by atoms with Gasteiger partial charge >= 0.3 is 5.97 Å². The first-order valence-electron chi connectivity index (χ1n) is 13.3. The maximum absolute atomic E-state index is 13.1. The number of aromatic nitrogens is 1. The summed E-state index contributed by atoms with van der Waals surface area (Å²) in [4.78, 5) is 31.1. The minimum Gasteiger partial charge on any atom is -0.478 e. The predicted octanol–water partition coefficient (Wildman–Crippen LogP) is 6.85. The first-order valence-corrected chi connectivity index (χ1v) is 14.1. The van der Waals surface area contributed by atoms with Crippen LogP contribution in [0.5, 0.6) is 0 Å². The lowest BCUT2D eigenvalue weighted by Crippen LogP contribution is -2.32. The van der Waals surface area contributed by atoms with Crippen LogP contribution in [0.3, 0.4) is 0 Å². The summed E-state index contributed by atoms with van der Waals surface area (Å²) in [5.74, 6) is -0.219. The number of amides is 1. The molecule has 3 aromatic carbocycles. The molecule has 1 aliphatic heterocycles. The van der Waals surface area contributed by atoms with Crippen LogP contribution in [0.25, 0.3) is 22.1 Å². The number of hydrogen-bond donors (Lipinski definition) is 3. The van der Waals surface area contributed by atoms with Crippen molar-refractivity contribution in [3.8, 4) is 11.3 Å². The zero-order valence-electron chi connectivity index (χ0n) is 22.2. The lowest BCUT2D eigenvalue weighted by atomic mass is 10.0. The van der Waals surface area contributed by atoms with Crippen molar-refractivity contribution < 1.29 is 19.1 Å². The van der Waals surface area contributed by atoms with E-state index in [1.165, 1.54) is 18.2 Å². The van der Waals surface area contributed by atoms with Gasteiger partial charge in [-0.2, -0.15) is 0 Å². The molecule has 0 spiro atoms. The molecule has 1 fully saturated rings. The molecule has 42 heavy (non-hydrogen) atoms. The Hall–Kier alpha value is -4.73. The van der Waals surface area contributed by atoms with Crippen LogP contribution >= 0.6 is 23.8 Å². The van der Waals surface area contributed by atoms with Crippen LogP contribution in [0.2, 0.25) is 5.02 Å². The molecule has 2 atom stereocenters. The maximum Gasteiger partial charge on any atom is 0.335 e. The Bertz CT molecular complexity index is 1800. The van der Waals surface area contributed by atoms with Crippen molar-refractivity contribution in [3.63, 3.8) is 0 Å². The van der Waals surface area contributed by atoms with Crippen molar-refractivity contribution in [1.82, 2.24) is 15.2 Å². The van der Waals surface area contributed by atoms with Gasteiger partial charge in [0.15, 0.2) is 5.11 Å². The Labute approximate surface area is 251 Å². The number of hydrogen-bond acceptors (Lipinski definition) is 5. The third kappa shape index (κ3) is 5.44. The zero-order valence-corrected chi connectivity index (χ0v) is 23.7. The van der Waals surface area contributed by atoms with Crippen molar-refractivity contribution in [2.45, 2.75) is 18.5 Å². The van der Waals surface area contributed by atoms with Crippen LogP contribution in [0.1, 0.15) is 40.3 Å². The topological polar surface area (TPSA) is 108 Å². The molecule has 0 bridgehead atoms. The number of anilines is 1. The number of halogens is 1. The molecule has 210 valence electrons. The van der Waals surface area contributed by atoms with Crippen molar-refractivity contribution >= 4 is 57.3 Å². The fourth-order valence-electron chi connectivity index (χ4n) is 5.23. The van der Waals surface area contributed by atoms with E-state index >= 15 is 0 Å². The minimum absolute atomic E-state index is 0.0984. The van der Waals surface area contributed by atoms with E-state index in [1.807, 2.05) is 71.6 Å². The fourth-order valence-corrected chi connectivity index (χ4v) is 5.77. The van der Waals surface area contributed by atoms with Crippen molar-refractivity contribution in [1.29, 1.82) is 0 Å². The number of carbonyl (C=O) groups excluding carboxylic acids is 1. The average molecular weight is 597 g/mol. The van der Waals surface area contributed by atoms with Gasteiger partial charge in [-0.1, -0.05) is 54.1 Å². The van der Waals surface area contributed by atoms with Crippen molar-refractivity contribution in [2.24, 2.45) is 0 Å².